The Bertz CT molecular complexity index is 679. The highest BCUT2D eigenvalue weighted by Gasteiger charge is 2.45. The van der Waals surface area contributed by atoms with Crippen molar-refractivity contribution < 1.29 is 9.53 Å². The molecule has 2 aliphatic rings. The minimum absolute atomic E-state index is 0.00592. The number of nitrogens with one attached hydrogen (secondary N) is 1. The summed E-state index contributed by atoms with van der Waals surface area (Å²) < 4.78 is 7.46. The lowest BCUT2D eigenvalue weighted by molar-refractivity contribution is 0.00809. The number of imidazole rings is 1. The number of carbonyl (C=O) groups is 1. The Morgan fingerprint density at radius 3 is 3.20 bits per heavy atom. The first-order valence-corrected chi connectivity index (χ1v) is 7.08. The highest BCUT2D eigenvalue weighted by Crippen LogP contribution is 2.38. The van der Waals surface area contributed by atoms with Crippen molar-refractivity contribution >= 4 is 11.6 Å². The van der Waals surface area contributed by atoms with Gasteiger partial charge in [-0.1, -0.05) is 0 Å². The van der Waals surface area contributed by atoms with Crippen molar-refractivity contribution in [3.05, 3.63) is 35.8 Å². The summed E-state index contributed by atoms with van der Waals surface area (Å²) >= 11 is 0. The number of aromatic nitrogens is 2. The lowest BCUT2D eigenvalue weighted by atomic mass is 9.76. The molecule has 2 aromatic rings. The molecule has 3 heterocycles. The second-order valence-corrected chi connectivity index (χ2v) is 5.74. The van der Waals surface area contributed by atoms with Crippen molar-refractivity contribution in [1.29, 1.82) is 0 Å². The lowest BCUT2D eigenvalue weighted by Crippen LogP contribution is -2.53. The Morgan fingerprint density at radius 2 is 2.35 bits per heavy atom. The first-order chi connectivity index (χ1) is 9.70. The third-order valence-corrected chi connectivity index (χ3v) is 4.41. The van der Waals surface area contributed by atoms with E-state index >= 15 is 0 Å². The number of hydrogen-bond acceptors (Lipinski definition) is 3. The van der Waals surface area contributed by atoms with Gasteiger partial charge in [-0.2, -0.15) is 0 Å². The van der Waals surface area contributed by atoms with Crippen molar-refractivity contribution in [2.75, 3.05) is 6.61 Å². The van der Waals surface area contributed by atoms with Crippen molar-refractivity contribution in [3.63, 3.8) is 0 Å². The second kappa shape index (κ2) is 4.31. The molecule has 4 rings (SSSR count). The molecule has 2 aromatic heterocycles. The molecule has 0 bridgehead atoms. The van der Waals surface area contributed by atoms with Gasteiger partial charge in [0.25, 0.3) is 5.91 Å². The molecule has 0 radical (unpaired) electrons. The number of ether oxygens (including phenoxy) is 1. The number of rotatable bonds is 2. The van der Waals surface area contributed by atoms with Crippen LogP contribution in [0.25, 0.3) is 5.65 Å². The molecule has 3 atom stereocenters. The van der Waals surface area contributed by atoms with E-state index in [0.717, 1.165) is 30.8 Å². The van der Waals surface area contributed by atoms with E-state index in [0.29, 0.717) is 17.6 Å². The minimum Gasteiger partial charge on any atom is -0.378 e. The Morgan fingerprint density at radius 1 is 1.45 bits per heavy atom. The fourth-order valence-corrected chi connectivity index (χ4v) is 3.27. The van der Waals surface area contributed by atoms with Crippen LogP contribution in [0.15, 0.2) is 24.5 Å². The SMILES string of the molecule is Cc1cn2cc(C(=O)N[C@@H]3C[C@H]4OCC[C@@H]34)ccc2n1. The van der Waals surface area contributed by atoms with Crippen LogP contribution in [0.3, 0.4) is 0 Å². The van der Waals surface area contributed by atoms with Gasteiger partial charge >= 0.3 is 0 Å². The van der Waals surface area contributed by atoms with Gasteiger partial charge in [0.15, 0.2) is 0 Å². The minimum atomic E-state index is -0.00592. The van der Waals surface area contributed by atoms with E-state index < -0.39 is 0 Å². The number of nitrogens with zero attached hydrogens (tertiary/aromatic N) is 2. The highest BCUT2D eigenvalue weighted by atomic mass is 16.5. The zero-order chi connectivity index (χ0) is 13.7. The lowest BCUT2D eigenvalue weighted by Gasteiger charge is -2.39. The van der Waals surface area contributed by atoms with Crippen LogP contribution in [0.1, 0.15) is 28.9 Å². The third kappa shape index (κ3) is 1.81. The maximum atomic E-state index is 12.3. The number of hydrogen-bond donors (Lipinski definition) is 1. The molecule has 0 unspecified atom stereocenters. The molecule has 104 valence electrons. The van der Waals surface area contributed by atoms with Crippen molar-refractivity contribution in [2.24, 2.45) is 5.92 Å². The highest BCUT2D eigenvalue weighted by molar-refractivity contribution is 5.94. The zero-order valence-electron chi connectivity index (χ0n) is 11.4. The third-order valence-electron chi connectivity index (χ3n) is 4.41. The van der Waals surface area contributed by atoms with E-state index in [1.54, 1.807) is 0 Å². The maximum absolute atomic E-state index is 12.3. The molecular formula is C15H17N3O2. The Kier molecular flexibility index (Phi) is 2.57. The first-order valence-electron chi connectivity index (χ1n) is 7.08. The summed E-state index contributed by atoms with van der Waals surface area (Å²) in [7, 11) is 0. The van der Waals surface area contributed by atoms with Crippen molar-refractivity contribution in [1.82, 2.24) is 14.7 Å². The predicted octanol–water partition coefficient (Wildman–Crippen LogP) is 1.55. The van der Waals surface area contributed by atoms with Crippen LogP contribution in [0, 0.1) is 12.8 Å². The van der Waals surface area contributed by atoms with Crippen LogP contribution in [0.5, 0.6) is 0 Å². The van der Waals surface area contributed by atoms with E-state index in [4.69, 9.17) is 4.74 Å². The Hall–Kier alpha value is -1.88. The maximum Gasteiger partial charge on any atom is 0.253 e. The summed E-state index contributed by atoms with van der Waals surface area (Å²) in [5, 5.41) is 3.12. The fourth-order valence-electron chi connectivity index (χ4n) is 3.27. The molecule has 0 aromatic carbocycles. The Balaban J connectivity index is 1.51. The van der Waals surface area contributed by atoms with Crippen LogP contribution < -0.4 is 5.32 Å². The topological polar surface area (TPSA) is 55.6 Å². The van der Waals surface area contributed by atoms with E-state index in [9.17, 15) is 4.79 Å². The fraction of sp³-hybridized carbons (Fsp3) is 0.467. The van der Waals surface area contributed by atoms with Gasteiger partial charge < -0.3 is 14.5 Å². The van der Waals surface area contributed by atoms with Crippen LogP contribution in [-0.4, -0.2) is 34.0 Å². The van der Waals surface area contributed by atoms with Crippen molar-refractivity contribution in [3.8, 4) is 0 Å². The van der Waals surface area contributed by atoms with Gasteiger partial charge in [-0.05, 0) is 31.9 Å². The van der Waals surface area contributed by atoms with Crippen LogP contribution in [-0.2, 0) is 4.74 Å². The van der Waals surface area contributed by atoms with Gasteiger partial charge in [0.1, 0.15) is 5.65 Å². The van der Waals surface area contributed by atoms with Gasteiger partial charge in [-0.15, -0.1) is 0 Å². The largest absolute Gasteiger partial charge is 0.378 e. The normalized spacial score (nSPS) is 28.1. The molecule has 5 heteroatoms. The summed E-state index contributed by atoms with van der Waals surface area (Å²) in [5.41, 5.74) is 2.50. The zero-order valence-corrected chi connectivity index (χ0v) is 11.4. The monoisotopic (exact) mass is 271 g/mol. The number of carbonyl (C=O) groups excluding carboxylic acids is 1. The molecule has 2 fully saturated rings. The van der Waals surface area contributed by atoms with E-state index in [-0.39, 0.29) is 11.9 Å². The van der Waals surface area contributed by atoms with Gasteiger partial charge in [0.05, 0.1) is 17.4 Å². The number of amides is 1. The van der Waals surface area contributed by atoms with Crippen molar-refractivity contribution in [2.45, 2.75) is 31.9 Å². The van der Waals surface area contributed by atoms with Crippen LogP contribution in [0.2, 0.25) is 0 Å². The van der Waals surface area contributed by atoms with Crippen LogP contribution >= 0.6 is 0 Å². The molecule has 5 nitrogen and oxygen atoms in total. The van der Waals surface area contributed by atoms with Gasteiger partial charge in [0, 0.05) is 31.0 Å². The predicted molar refractivity (Wildman–Crippen MR) is 73.6 cm³/mol. The van der Waals surface area contributed by atoms with E-state index in [1.807, 2.05) is 35.9 Å². The molecule has 1 N–H and O–H groups in total. The number of aryl methyl sites for hydroxylation is 1. The second-order valence-electron chi connectivity index (χ2n) is 5.74. The summed E-state index contributed by atoms with van der Waals surface area (Å²) in [6.45, 7) is 2.78. The number of pyridine rings is 1. The molecule has 1 saturated carbocycles. The molecule has 1 aliphatic heterocycles. The average molecular weight is 271 g/mol. The molecule has 0 spiro atoms. The molecular weight excluding hydrogens is 254 g/mol. The summed E-state index contributed by atoms with van der Waals surface area (Å²) in [5.74, 6) is 0.506. The quantitative estimate of drug-likeness (QED) is 0.901. The van der Waals surface area contributed by atoms with Crippen LogP contribution in [0.4, 0.5) is 0 Å². The smallest absolute Gasteiger partial charge is 0.253 e. The average Bonchev–Trinajstić information content (AvgIpc) is 2.96. The summed E-state index contributed by atoms with van der Waals surface area (Å²) in [6, 6.07) is 3.98. The number of fused-ring (bicyclic) bond motifs is 2. The summed E-state index contributed by atoms with van der Waals surface area (Å²) in [4.78, 5) is 16.7. The molecule has 1 amide bonds. The Labute approximate surface area is 117 Å². The van der Waals surface area contributed by atoms with Gasteiger partial charge in [0.2, 0.25) is 0 Å². The first kappa shape index (κ1) is 11.9. The van der Waals surface area contributed by atoms with Gasteiger partial charge in [-0.25, -0.2) is 4.98 Å². The standard InChI is InChI=1S/C15H17N3O2/c1-9-7-18-8-10(2-3-14(18)16-9)15(19)17-12-6-13-11(12)4-5-20-13/h2-3,7-8,11-13H,4-6H2,1H3,(H,17,19)/t11-,12+,13+/m0/s1. The van der Waals surface area contributed by atoms with Gasteiger partial charge in [-0.3, -0.25) is 4.79 Å². The van der Waals surface area contributed by atoms with E-state index in [2.05, 4.69) is 10.3 Å². The van der Waals surface area contributed by atoms with E-state index in [1.165, 1.54) is 0 Å². The molecule has 20 heavy (non-hydrogen) atoms. The molecule has 1 aliphatic carbocycles. The summed E-state index contributed by atoms with van der Waals surface area (Å²) in [6.07, 6.45) is 6.15. The molecule has 1 saturated heterocycles.